The number of carbonyl (C=O) groups excluding carboxylic acids is 1. The van der Waals surface area contributed by atoms with E-state index in [0.29, 0.717) is 18.4 Å². The molecule has 2 aromatic heterocycles. The molecule has 2 aliphatic rings. The van der Waals surface area contributed by atoms with Crippen molar-refractivity contribution in [3.63, 3.8) is 0 Å². The molecule has 0 bridgehead atoms. The fraction of sp³-hybridized carbons (Fsp3) is 0.474. The van der Waals surface area contributed by atoms with Crippen molar-refractivity contribution in [1.82, 2.24) is 25.2 Å². The Morgan fingerprint density at radius 2 is 2.00 bits per heavy atom. The Bertz CT molecular complexity index is 788. The van der Waals surface area contributed by atoms with E-state index >= 15 is 0 Å². The molecule has 0 spiro atoms. The Balaban J connectivity index is 1.71. The summed E-state index contributed by atoms with van der Waals surface area (Å²) < 4.78 is 0. The van der Waals surface area contributed by atoms with Gasteiger partial charge in [-0.1, -0.05) is 0 Å². The molecular weight excluding hydrogens is 328 g/mol. The summed E-state index contributed by atoms with van der Waals surface area (Å²) in [4.78, 5) is 27.4. The highest BCUT2D eigenvalue weighted by Gasteiger charge is 2.25. The molecular formula is C19H24N6O. The van der Waals surface area contributed by atoms with Crippen molar-refractivity contribution in [3.05, 3.63) is 35.8 Å². The molecule has 0 unspecified atom stereocenters. The highest BCUT2D eigenvalue weighted by atomic mass is 16.2. The van der Waals surface area contributed by atoms with Crippen LogP contribution in [0.2, 0.25) is 0 Å². The second kappa shape index (κ2) is 7.37. The standard InChI is InChI=1S/C19H24N6O/c1-13(26)25-11-6-16-17(12-25)23-18(14-2-7-20-8-3-14)24-19(16)22-15-4-9-21-10-5-15/h2-3,7-8,15,21H,4-6,9-12H2,1H3,(H,22,23,24). The number of pyridine rings is 1. The molecule has 4 rings (SSSR count). The summed E-state index contributed by atoms with van der Waals surface area (Å²) in [7, 11) is 0. The summed E-state index contributed by atoms with van der Waals surface area (Å²) in [6.07, 6.45) is 6.46. The first-order valence-corrected chi connectivity index (χ1v) is 9.23. The van der Waals surface area contributed by atoms with Gasteiger partial charge in [0, 0.05) is 43.0 Å². The van der Waals surface area contributed by atoms with Crippen LogP contribution in [0.5, 0.6) is 0 Å². The van der Waals surface area contributed by atoms with E-state index in [1.807, 2.05) is 17.0 Å². The third kappa shape index (κ3) is 3.53. The zero-order valence-electron chi connectivity index (χ0n) is 15.0. The van der Waals surface area contributed by atoms with Crippen LogP contribution in [0.15, 0.2) is 24.5 Å². The molecule has 4 heterocycles. The predicted molar refractivity (Wildman–Crippen MR) is 99.6 cm³/mol. The van der Waals surface area contributed by atoms with E-state index in [2.05, 4.69) is 15.6 Å². The smallest absolute Gasteiger partial charge is 0.219 e. The summed E-state index contributed by atoms with van der Waals surface area (Å²) in [6.45, 7) is 4.94. The number of nitrogens with zero attached hydrogens (tertiary/aromatic N) is 4. The molecule has 0 radical (unpaired) electrons. The number of aromatic nitrogens is 3. The molecule has 1 saturated heterocycles. The lowest BCUT2D eigenvalue weighted by Crippen LogP contribution is -2.38. The highest BCUT2D eigenvalue weighted by Crippen LogP contribution is 2.28. The lowest BCUT2D eigenvalue weighted by molar-refractivity contribution is -0.129. The number of carbonyl (C=O) groups is 1. The number of hydrogen-bond acceptors (Lipinski definition) is 6. The molecule has 0 aromatic carbocycles. The zero-order chi connectivity index (χ0) is 17.9. The Kier molecular flexibility index (Phi) is 4.79. The van der Waals surface area contributed by atoms with Crippen molar-refractivity contribution in [2.45, 2.75) is 38.8 Å². The molecule has 0 aliphatic carbocycles. The SMILES string of the molecule is CC(=O)N1CCc2c(nc(-c3ccncc3)nc2NC2CCNCC2)C1. The van der Waals surface area contributed by atoms with E-state index in [1.165, 1.54) is 0 Å². The maximum atomic E-state index is 11.8. The fourth-order valence-electron chi connectivity index (χ4n) is 3.61. The van der Waals surface area contributed by atoms with E-state index < -0.39 is 0 Å². The van der Waals surface area contributed by atoms with Gasteiger partial charge in [-0.3, -0.25) is 9.78 Å². The van der Waals surface area contributed by atoms with E-state index in [9.17, 15) is 4.79 Å². The van der Waals surface area contributed by atoms with Gasteiger partial charge in [0.1, 0.15) is 5.82 Å². The number of rotatable bonds is 3. The van der Waals surface area contributed by atoms with Gasteiger partial charge in [0.2, 0.25) is 5.91 Å². The third-order valence-corrected chi connectivity index (χ3v) is 5.13. The van der Waals surface area contributed by atoms with Gasteiger partial charge < -0.3 is 15.5 Å². The molecule has 136 valence electrons. The molecule has 26 heavy (non-hydrogen) atoms. The Labute approximate surface area is 153 Å². The van der Waals surface area contributed by atoms with Crippen LogP contribution < -0.4 is 10.6 Å². The number of amides is 1. The molecule has 7 heteroatoms. The molecule has 1 fully saturated rings. The Morgan fingerprint density at radius 1 is 1.23 bits per heavy atom. The molecule has 2 aromatic rings. The average molecular weight is 352 g/mol. The minimum absolute atomic E-state index is 0.0904. The molecule has 7 nitrogen and oxygen atoms in total. The number of piperidine rings is 1. The van der Waals surface area contributed by atoms with Crippen LogP contribution in [0, 0.1) is 0 Å². The van der Waals surface area contributed by atoms with Gasteiger partial charge in [0.05, 0.1) is 12.2 Å². The van der Waals surface area contributed by atoms with E-state index in [4.69, 9.17) is 9.97 Å². The lowest BCUT2D eigenvalue weighted by atomic mass is 10.0. The van der Waals surface area contributed by atoms with Crippen molar-refractivity contribution in [2.24, 2.45) is 0 Å². The van der Waals surface area contributed by atoms with Crippen LogP contribution in [0.4, 0.5) is 5.82 Å². The van der Waals surface area contributed by atoms with E-state index in [-0.39, 0.29) is 5.91 Å². The number of anilines is 1. The van der Waals surface area contributed by atoms with Crippen LogP contribution >= 0.6 is 0 Å². The summed E-state index contributed by atoms with van der Waals surface area (Å²) in [5.41, 5.74) is 3.04. The second-order valence-corrected chi connectivity index (χ2v) is 6.92. The first-order chi connectivity index (χ1) is 12.7. The molecule has 0 saturated carbocycles. The summed E-state index contributed by atoms with van der Waals surface area (Å²) in [5.74, 6) is 1.71. The Morgan fingerprint density at radius 3 is 2.73 bits per heavy atom. The summed E-state index contributed by atoms with van der Waals surface area (Å²) in [6, 6.07) is 4.26. The zero-order valence-corrected chi connectivity index (χ0v) is 15.0. The van der Waals surface area contributed by atoms with Gasteiger partial charge in [-0.05, 0) is 44.5 Å². The van der Waals surface area contributed by atoms with Gasteiger partial charge in [-0.25, -0.2) is 9.97 Å². The van der Waals surface area contributed by atoms with Crippen LogP contribution in [0.25, 0.3) is 11.4 Å². The third-order valence-electron chi connectivity index (χ3n) is 5.13. The van der Waals surface area contributed by atoms with Crippen molar-refractivity contribution < 1.29 is 4.79 Å². The van der Waals surface area contributed by atoms with Gasteiger partial charge in [-0.2, -0.15) is 0 Å². The van der Waals surface area contributed by atoms with Crippen LogP contribution in [0.3, 0.4) is 0 Å². The highest BCUT2D eigenvalue weighted by molar-refractivity contribution is 5.74. The largest absolute Gasteiger partial charge is 0.367 e. The maximum Gasteiger partial charge on any atom is 0.219 e. The topological polar surface area (TPSA) is 83.0 Å². The first kappa shape index (κ1) is 16.9. The number of fused-ring (bicyclic) bond motifs is 1. The number of nitrogens with one attached hydrogen (secondary N) is 2. The molecule has 2 aliphatic heterocycles. The number of hydrogen-bond donors (Lipinski definition) is 2. The fourth-order valence-corrected chi connectivity index (χ4v) is 3.61. The van der Waals surface area contributed by atoms with Crippen molar-refractivity contribution in [1.29, 1.82) is 0 Å². The van der Waals surface area contributed by atoms with Crippen molar-refractivity contribution in [3.8, 4) is 11.4 Å². The normalized spacial score (nSPS) is 17.7. The maximum absolute atomic E-state index is 11.8. The van der Waals surface area contributed by atoms with Crippen LogP contribution in [0.1, 0.15) is 31.0 Å². The van der Waals surface area contributed by atoms with Crippen LogP contribution in [-0.4, -0.2) is 51.4 Å². The first-order valence-electron chi connectivity index (χ1n) is 9.23. The average Bonchev–Trinajstić information content (AvgIpc) is 2.69. The monoisotopic (exact) mass is 352 g/mol. The van der Waals surface area contributed by atoms with E-state index in [1.54, 1.807) is 19.3 Å². The molecule has 1 amide bonds. The van der Waals surface area contributed by atoms with Gasteiger partial charge in [0.15, 0.2) is 5.82 Å². The van der Waals surface area contributed by atoms with E-state index in [0.717, 1.165) is 61.5 Å². The second-order valence-electron chi connectivity index (χ2n) is 6.92. The minimum Gasteiger partial charge on any atom is -0.367 e. The summed E-state index contributed by atoms with van der Waals surface area (Å²) >= 11 is 0. The predicted octanol–water partition coefficient (Wildman–Crippen LogP) is 1.61. The Hall–Kier alpha value is -2.54. The molecule has 0 atom stereocenters. The van der Waals surface area contributed by atoms with Gasteiger partial charge >= 0.3 is 0 Å². The van der Waals surface area contributed by atoms with Gasteiger partial charge in [-0.15, -0.1) is 0 Å². The quantitative estimate of drug-likeness (QED) is 0.873. The lowest BCUT2D eigenvalue weighted by Gasteiger charge is -2.31. The van der Waals surface area contributed by atoms with Crippen molar-refractivity contribution >= 4 is 11.7 Å². The van der Waals surface area contributed by atoms with Crippen molar-refractivity contribution in [2.75, 3.05) is 25.0 Å². The minimum atomic E-state index is 0.0904. The van der Waals surface area contributed by atoms with Gasteiger partial charge in [0.25, 0.3) is 0 Å². The summed E-state index contributed by atoms with van der Waals surface area (Å²) in [5, 5.41) is 7.05. The molecule has 2 N–H and O–H groups in total. The van der Waals surface area contributed by atoms with Crippen LogP contribution in [-0.2, 0) is 17.8 Å².